The highest BCUT2D eigenvalue weighted by molar-refractivity contribution is 7.09. The normalized spacial score (nSPS) is 12.0. The molecule has 2 N–H and O–H groups in total. The van der Waals surface area contributed by atoms with Gasteiger partial charge in [-0.15, -0.1) is 11.3 Å². The number of anilines is 1. The van der Waals surface area contributed by atoms with Gasteiger partial charge in [0, 0.05) is 11.1 Å². The third-order valence-corrected chi connectivity index (χ3v) is 4.60. The number of carboxylic acids is 1. The van der Waals surface area contributed by atoms with E-state index in [4.69, 9.17) is 5.11 Å². The largest absolute Gasteiger partial charge is 0.481 e. The van der Waals surface area contributed by atoms with Crippen molar-refractivity contribution in [1.82, 2.24) is 4.98 Å². The predicted octanol–water partition coefficient (Wildman–Crippen LogP) is 3.13. The number of thiazole rings is 1. The average Bonchev–Trinajstić information content (AvgIpc) is 2.90. The quantitative estimate of drug-likeness (QED) is 0.887. The van der Waals surface area contributed by atoms with E-state index < -0.39 is 11.9 Å². The number of carboxylic acid groups (broad SMARTS) is 1. The van der Waals surface area contributed by atoms with Gasteiger partial charge in [0.05, 0.1) is 18.0 Å². The Kier molecular flexibility index (Phi) is 4.92. The van der Waals surface area contributed by atoms with E-state index in [1.54, 1.807) is 12.3 Å². The van der Waals surface area contributed by atoms with Crippen LogP contribution in [0.5, 0.6) is 0 Å². The van der Waals surface area contributed by atoms with Gasteiger partial charge in [-0.2, -0.15) is 0 Å². The monoisotopic (exact) mass is 318 g/mol. The van der Waals surface area contributed by atoms with Gasteiger partial charge in [-0.3, -0.25) is 9.59 Å². The van der Waals surface area contributed by atoms with E-state index in [9.17, 15) is 9.59 Å². The second kappa shape index (κ2) is 6.70. The highest BCUT2D eigenvalue weighted by Crippen LogP contribution is 2.24. The third-order valence-electron chi connectivity index (χ3n) is 3.53. The van der Waals surface area contributed by atoms with Crippen LogP contribution < -0.4 is 5.32 Å². The molecule has 1 amide bonds. The minimum absolute atomic E-state index is 0.123. The van der Waals surface area contributed by atoms with E-state index in [1.807, 2.05) is 32.0 Å². The van der Waals surface area contributed by atoms with Gasteiger partial charge in [-0.05, 0) is 38.0 Å². The Hall–Kier alpha value is -2.21. The van der Waals surface area contributed by atoms with Gasteiger partial charge in [-0.1, -0.05) is 12.1 Å². The summed E-state index contributed by atoms with van der Waals surface area (Å²) in [6.45, 7) is 5.72. The maximum absolute atomic E-state index is 12.3. The van der Waals surface area contributed by atoms with Crippen molar-refractivity contribution in [3.05, 3.63) is 45.4 Å². The number of carbonyl (C=O) groups excluding carboxylic acids is 1. The summed E-state index contributed by atoms with van der Waals surface area (Å²) in [5.74, 6) is -1.50. The fourth-order valence-electron chi connectivity index (χ4n) is 2.00. The molecular weight excluding hydrogens is 300 g/mol. The van der Waals surface area contributed by atoms with Crippen LogP contribution in [0.2, 0.25) is 0 Å². The molecule has 0 aliphatic rings. The highest BCUT2D eigenvalue weighted by Gasteiger charge is 2.20. The molecule has 22 heavy (non-hydrogen) atoms. The minimum Gasteiger partial charge on any atom is -0.481 e. The van der Waals surface area contributed by atoms with Gasteiger partial charge >= 0.3 is 5.97 Å². The van der Waals surface area contributed by atoms with Crippen LogP contribution in [-0.2, 0) is 16.0 Å². The molecule has 0 aliphatic heterocycles. The zero-order valence-electron chi connectivity index (χ0n) is 12.7. The fraction of sp³-hybridized carbons (Fsp3) is 0.312. The summed E-state index contributed by atoms with van der Waals surface area (Å²) in [6, 6.07) is 5.76. The van der Waals surface area contributed by atoms with Gasteiger partial charge in [-0.25, -0.2) is 4.98 Å². The summed E-state index contributed by atoms with van der Waals surface area (Å²) in [5.41, 5.74) is 3.43. The van der Waals surface area contributed by atoms with Crippen molar-refractivity contribution >= 4 is 28.9 Å². The summed E-state index contributed by atoms with van der Waals surface area (Å²) >= 11 is 1.31. The Labute approximate surface area is 133 Å². The first-order valence-corrected chi connectivity index (χ1v) is 7.79. The lowest BCUT2D eigenvalue weighted by molar-refractivity contribution is -0.136. The predicted molar refractivity (Wildman–Crippen MR) is 86.4 cm³/mol. The van der Waals surface area contributed by atoms with Crippen LogP contribution in [0.1, 0.15) is 34.7 Å². The van der Waals surface area contributed by atoms with Crippen molar-refractivity contribution in [1.29, 1.82) is 0 Å². The zero-order valence-corrected chi connectivity index (χ0v) is 13.5. The first-order valence-electron chi connectivity index (χ1n) is 6.91. The van der Waals surface area contributed by atoms with Crippen LogP contribution in [0.3, 0.4) is 0 Å². The molecular formula is C16H18N2O3S. The van der Waals surface area contributed by atoms with Gasteiger partial charge < -0.3 is 10.4 Å². The third kappa shape index (κ3) is 3.71. The number of rotatable bonds is 5. The lowest BCUT2D eigenvalue weighted by Crippen LogP contribution is -2.19. The van der Waals surface area contributed by atoms with Crippen molar-refractivity contribution < 1.29 is 14.7 Å². The smallest absolute Gasteiger partial charge is 0.309 e. The van der Waals surface area contributed by atoms with Gasteiger partial charge in [0.1, 0.15) is 5.01 Å². The number of benzene rings is 1. The first-order chi connectivity index (χ1) is 10.4. The Morgan fingerprint density at radius 3 is 2.77 bits per heavy atom. The van der Waals surface area contributed by atoms with Gasteiger partial charge in [0.2, 0.25) is 5.91 Å². The van der Waals surface area contributed by atoms with E-state index in [-0.39, 0.29) is 12.3 Å². The molecule has 6 heteroatoms. The molecule has 1 unspecified atom stereocenters. The molecule has 0 saturated heterocycles. The molecule has 2 aromatic rings. The molecule has 2 rings (SSSR count). The van der Waals surface area contributed by atoms with Gasteiger partial charge in [0.25, 0.3) is 0 Å². The molecule has 0 fully saturated rings. The van der Waals surface area contributed by atoms with Crippen LogP contribution in [0.15, 0.2) is 23.6 Å². The molecule has 0 spiro atoms. The molecule has 116 valence electrons. The maximum Gasteiger partial charge on any atom is 0.309 e. The molecule has 0 radical (unpaired) electrons. The number of aliphatic carboxylic acids is 1. The summed E-state index contributed by atoms with van der Waals surface area (Å²) in [5, 5.41) is 14.0. The zero-order chi connectivity index (χ0) is 16.3. The second-order valence-electron chi connectivity index (χ2n) is 5.21. The lowest BCUT2D eigenvalue weighted by atomic mass is 10.1. The molecule has 0 saturated carbocycles. The van der Waals surface area contributed by atoms with Crippen LogP contribution in [0.4, 0.5) is 5.69 Å². The van der Waals surface area contributed by atoms with Crippen molar-refractivity contribution in [3.8, 4) is 0 Å². The Balaban J connectivity index is 2.10. The number of amides is 1. The van der Waals surface area contributed by atoms with E-state index in [1.165, 1.54) is 11.3 Å². The number of hydrogen-bond donors (Lipinski definition) is 2. The number of hydrogen-bond acceptors (Lipinski definition) is 4. The number of carbonyl (C=O) groups is 2. The number of aryl methyl sites for hydroxylation is 1. The van der Waals surface area contributed by atoms with Crippen molar-refractivity contribution in [2.24, 2.45) is 0 Å². The summed E-state index contributed by atoms with van der Waals surface area (Å²) in [6.07, 6.45) is -0.123. The Bertz CT molecular complexity index is 709. The highest BCUT2D eigenvalue weighted by atomic mass is 32.1. The summed E-state index contributed by atoms with van der Waals surface area (Å²) in [7, 11) is 0. The first kappa shape index (κ1) is 16.2. The Morgan fingerprint density at radius 2 is 2.09 bits per heavy atom. The second-order valence-corrected chi connectivity index (χ2v) is 6.10. The number of nitrogens with one attached hydrogen (secondary N) is 1. The lowest BCUT2D eigenvalue weighted by Gasteiger charge is -2.13. The molecule has 1 heterocycles. The molecule has 5 nitrogen and oxygen atoms in total. The van der Waals surface area contributed by atoms with E-state index >= 15 is 0 Å². The molecule has 1 aromatic carbocycles. The minimum atomic E-state index is -0.927. The molecule has 0 bridgehead atoms. The van der Waals surface area contributed by atoms with E-state index in [0.29, 0.717) is 10.7 Å². The van der Waals surface area contributed by atoms with E-state index in [0.717, 1.165) is 16.8 Å². The van der Waals surface area contributed by atoms with Gasteiger partial charge in [0.15, 0.2) is 0 Å². The molecule has 1 aromatic heterocycles. The SMILES string of the molecule is Cc1cccc(NC(=O)C(C)c2nc(CC(=O)O)cs2)c1C. The van der Waals surface area contributed by atoms with Crippen molar-refractivity contribution in [2.75, 3.05) is 5.32 Å². The summed E-state index contributed by atoms with van der Waals surface area (Å²) in [4.78, 5) is 27.3. The average molecular weight is 318 g/mol. The van der Waals surface area contributed by atoms with Crippen LogP contribution >= 0.6 is 11.3 Å². The van der Waals surface area contributed by atoms with Crippen LogP contribution in [-0.4, -0.2) is 22.0 Å². The van der Waals surface area contributed by atoms with Crippen molar-refractivity contribution in [3.63, 3.8) is 0 Å². The van der Waals surface area contributed by atoms with E-state index in [2.05, 4.69) is 10.3 Å². The van der Waals surface area contributed by atoms with Crippen LogP contribution in [0, 0.1) is 13.8 Å². The topological polar surface area (TPSA) is 79.3 Å². The standard InChI is InChI=1S/C16H18N2O3S/c1-9-5-4-6-13(10(9)2)18-15(21)11(3)16-17-12(8-22-16)7-14(19)20/h4-6,8,11H,7H2,1-3H3,(H,18,21)(H,19,20). The molecule has 1 atom stereocenters. The van der Waals surface area contributed by atoms with Crippen LogP contribution in [0.25, 0.3) is 0 Å². The Morgan fingerprint density at radius 1 is 1.36 bits per heavy atom. The number of aromatic nitrogens is 1. The van der Waals surface area contributed by atoms with Crippen molar-refractivity contribution in [2.45, 2.75) is 33.1 Å². The number of nitrogens with zero attached hydrogens (tertiary/aromatic N) is 1. The molecule has 0 aliphatic carbocycles. The maximum atomic E-state index is 12.3. The fourth-order valence-corrected chi connectivity index (χ4v) is 2.87. The summed E-state index contributed by atoms with van der Waals surface area (Å²) < 4.78 is 0.